The van der Waals surface area contributed by atoms with E-state index in [-0.39, 0.29) is 17.9 Å². The number of ether oxygens (including phenoxy) is 2. The molecule has 0 radical (unpaired) electrons. The molecule has 0 aliphatic heterocycles. The summed E-state index contributed by atoms with van der Waals surface area (Å²) >= 11 is 0. The molecule has 0 aliphatic rings. The van der Waals surface area contributed by atoms with Gasteiger partial charge in [-0.05, 0) is 24.3 Å². The summed E-state index contributed by atoms with van der Waals surface area (Å²) in [6.07, 6.45) is 0. The normalized spacial score (nSPS) is 10.4. The molecule has 132 valence electrons. The smallest absolute Gasteiger partial charge is 0.267 e. The highest BCUT2D eigenvalue weighted by atomic mass is 16.5. The third-order valence-electron chi connectivity index (χ3n) is 3.94. The maximum Gasteiger partial charge on any atom is 0.267 e. The third kappa shape index (κ3) is 3.64. The Morgan fingerprint density at radius 2 is 1.69 bits per heavy atom. The van der Waals surface area contributed by atoms with Crippen LogP contribution in [-0.2, 0) is 6.54 Å². The van der Waals surface area contributed by atoms with Crippen LogP contribution in [-0.4, -0.2) is 29.8 Å². The van der Waals surface area contributed by atoms with Gasteiger partial charge in [-0.2, -0.15) is 5.10 Å². The summed E-state index contributed by atoms with van der Waals surface area (Å²) in [5.41, 5.74) is 1.52. The standard InChI is InChI=1S/C20H18N2O4/c1-25-18-10-8-15(12-19(18)26-2)16-9-11-20(24)22(21-16)13-17(23)14-6-4-3-5-7-14/h3-12H,13H2,1-2H3. The van der Waals surface area contributed by atoms with E-state index in [2.05, 4.69) is 5.10 Å². The Balaban J connectivity index is 1.93. The summed E-state index contributed by atoms with van der Waals surface area (Å²) in [6, 6.07) is 17.2. The first kappa shape index (κ1) is 17.4. The van der Waals surface area contributed by atoms with Gasteiger partial charge in [0.15, 0.2) is 17.3 Å². The van der Waals surface area contributed by atoms with Crippen LogP contribution in [0.4, 0.5) is 0 Å². The molecule has 2 aromatic carbocycles. The van der Waals surface area contributed by atoms with Gasteiger partial charge in [0.2, 0.25) is 0 Å². The molecule has 0 bridgehead atoms. The highest BCUT2D eigenvalue weighted by molar-refractivity contribution is 5.95. The van der Waals surface area contributed by atoms with Crippen LogP contribution in [0.25, 0.3) is 11.3 Å². The Morgan fingerprint density at radius 1 is 0.962 bits per heavy atom. The van der Waals surface area contributed by atoms with Crippen molar-refractivity contribution in [3.05, 3.63) is 76.6 Å². The lowest BCUT2D eigenvalue weighted by molar-refractivity contribution is 0.0966. The predicted molar refractivity (Wildman–Crippen MR) is 97.8 cm³/mol. The number of nitrogens with zero attached hydrogens (tertiary/aromatic N) is 2. The Kier molecular flexibility index (Phi) is 5.12. The second kappa shape index (κ2) is 7.65. The lowest BCUT2D eigenvalue weighted by Crippen LogP contribution is -2.26. The van der Waals surface area contributed by atoms with Gasteiger partial charge >= 0.3 is 0 Å². The fraction of sp³-hybridized carbons (Fsp3) is 0.150. The first-order valence-electron chi connectivity index (χ1n) is 8.01. The molecule has 0 spiro atoms. The lowest BCUT2D eigenvalue weighted by atomic mass is 10.1. The summed E-state index contributed by atoms with van der Waals surface area (Å²) in [5.74, 6) is 0.985. The summed E-state index contributed by atoms with van der Waals surface area (Å²) in [4.78, 5) is 24.5. The topological polar surface area (TPSA) is 70.4 Å². The van der Waals surface area contributed by atoms with E-state index in [1.165, 1.54) is 10.7 Å². The zero-order valence-electron chi connectivity index (χ0n) is 14.5. The second-order valence-electron chi connectivity index (χ2n) is 5.57. The fourth-order valence-electron chi connectivity index (χ4n) is 2.56. The quantitative estimate of drug-likeness (QED) is 0.639. The van der Waals surface area contributed by atoms with Gasteiger partial charge in [-0.1, -0.05) is 30.3 Å². The van der Waals surface area contributed by atoms with Gasteiger partial charge < -0.3 is 9.47 Å². The van der Waals surface area contributed by atoms with Gasteiger partial charge in [0.1, 0.15) is 6.54 Å². The molecule has 6 nitrogen and oxygen atoms in total. The molecule has 6 heteroatoms. The Labute approximate surface area is 150 Å². The molecule has 0 aliphatic carbocycles. The molecule has 0 fully saturated rings. The SMILES string of the molecule is COc1ccc(-c2ccc(=O)n(CC(=O)c3ccccc3)n2)cc1OC. The maximum atomic E-state index is 12.4. The Morgan fingerprint density at radius 3 is 2.38 bits per heavy atom. The van der Waals surface area contributed by atoms with Crippen molar-refractivity contribution in [1.29, 1.82) is 0 Å². The fourth-order valence-corrected chi connectivity index (χ4v) is 2.56. The van der Waals surface area contributed by atoms with Crippen molar-refractivity contribution in [1.82, 2.24) is 9.78 Å². The molecule has 0 N–H and O–H groups in total. The first-order chi connectivity index (χ1) is 12.6. The number of methoxy groups -OCH3 is 2. The van der Waals surface area contributed by atoms with Crippen LogP contribution < -0.4 is 15.0 Å². The van der Waals surface area contributed by atoms with Gasteiger partial charge in [-0.3, -0.25) is 9.59 Å². The molecule has 26 heavy (non-hydrogen) atoms. The number of Topliss-reactive ketones (excluding diaryl/α,β-unsaturated/α-hetero) is 1. The average molecular weight is 350 g/mol. The van der Waals surface area contributed by atoms with Crippen molar-refractivity contribution in [3.63, 3.8) is 0 Å². The van der Waals surface area contributed by atoms with E-state index in [1.54, 1.807) is 56.7 Å². The number of hydrogen-bond donors (Lipinski definition) is 0. The molecule has 0 amide bonds. The average Bonchev–Trinajstić information content (AvgIpc) is 2.69. The molecule has 0 unspecified atom stereocenters. The zero-order valence-corrected chi connectivity index (χ0v) is 14.5. The van der Waals surface area contributed by atoms with E-state index in [4.69, 9.17) is 9.47 Å². The van der Waals surface area contributed by atoms with Crippen molar-refractivity contribution in [2.24, 2.45) is 0 Å². The van der Waals surface area contributed by atoms with E-state index in [0.29, 0.717) is 22.8 Å². The van der Waals surface area contributed by atoms with E-state index >= 15 is 0 Å². The van der Waals surface area contributed by atoms with Crippen LogP contribution in [0.5, 0.6) is 11.5 Å². The monoisotopic (exact) mass is 350 g/mol. The number of aromatic nitrogens is 2. The van der Waals surface area contributed by atoms with Crippen LogP contribution >= 0.6 is 0 Å². The molecule has 3 rings (SSSR count). The minimum Gasteiger partial charge on any atom is -0.493 e. The number of carbonyl (C=O) groups is 1. The largest absolute Gasteiger partial charge is 0.493 e. The van der Waals surface area contributed by atoms with Crippen molar-refractivity contribution in [3.8, 4) is 22.8 Å². The van der Waals surface area contributed by atoms with Gasteiger partial charge in [0, 0.05) is 17.2 Å². The molecule has 1 heterocycles. The number of benzene rings is 2. The van der Waals surface area contributed by atoms with Crippen LogP contribution in [0.3, 0.4) is 0 Å². The van der Waals surface area contributed by atoms with Gasteiger partial charge in [-0.25, -0.2) is 4.68 Å². The van der Waals surface area contributed by atoms with E-state index in [9.17, 15) is 9.59 Å². The summed E-state index contributed by atoms with van der Waals surface area (Å²) in [6.45, 7) is -0.121. The number of hydrogen-bond acceptors (Lipinski definition) is 5. The van der Waals surface area contributed by atoms with Crippen LogP contribution in [0.1, 0.15) is 10.4 Å². The Bertz CT molecular complexity index is 981. The summed E-state index contributed by atoms with van der Waals surface area (Å²) in [7, 11) is 3.11. The molecule has 0 saturated carbocycles. The molecule has 1 aromatic heterocycles. The van der Waals surface area contributed by atoms with E-state index < -0.39 is 0 Å². The summed E-state index contributed by atoms with van der Waals surface area (Å²) in [5, 5.41) is 4.33. The minimum atomic E-state index is -0.335. The number of rotatable bonds is 6. The van der Waals surface area contributed by atoms with Crippen LogP contribution in [0.15, 0.2) is 65.5 Å². The highest BCUT2D eigenvalue weighted by Gasteiger charge is 2.11. The predicted octanol–water partition coefficient (Wildman–Crippen LogP) is 2.81. The maximum absolute atomic E-state index is 12.4. The Hall–Kier alpha value is -3.41. The molecule has 0 saturated heterocycles. The van der Waals surface area contributed by atoms with Crippen molar-refractivity contribution in [2.75, 3.05) is 14.2 Å². The lowest BCUT2D eigenvalue weighted by Gasteiger charge is -2.10. The molecule has 3 aromatic rings. The van der Waals surface area contributed by atoms with Gasteiger partial charge in [0.05, 0.1) is 19.9 Å². The minimum absolute atomic E-state index is 0.121. The third-order valence-corrected chi connectivity index (χ3v) is 3.94. The van der Waals surface area contributed by atoms with Crippen molar-refractivity contribution >= 4 is 5.78 Å². The molecule has 0 atom stereocenters. The van der Waals surface area contributed by atoms with Crippen LogP contribution in [0, 0.1) is 0 Å². The summed E-state index contributed by atoms with van der Waals surface area (Å²) < 4.78 is 11.7. The van der Waals surface area contributed by atoms with Gasteiger partial charge in [-0.15, -0.1) is 0 Å². The zero-order chi connectivity index (χ0) is 18.5. The molecular weight excluding hydrogens is 332 g/mol. The second-order valence-corrected chi connectivity index (χ2v) is 5.57. The molecular formula is C20H18N2O4. The van der Waals surface area contributed by atoms with Crippen LogP contribution in [0.2, 0.25) is 0 Å². The number of carbonyl (C=O) groups excluding carboxylic acids is 1. The van der Waals surface area contributed by atoms with Gasteiger partial charge in [0.25, 0.3) is 5.56 Å². The van der Waals surface area contributed by atoms with E-state index in [0.717, 1.165) is 5.56 Å². The highest BCUT2D eigenvalue weighted by Crippen LogP contribution is 2.31. The number of ketones is 1. The first-order valence-corrected chi connectivity index (χ1v) is 8.01. The van der Waals surface area contributed by atoms with Crippen molar-refractivity contribution in [2.45, 2.75) is 6.54 Å². The van der Waals surface area contributed by atoms with Crippen molar-refractivity contribution < 1.29 is 14.3 Å². The van der Waals surface area contributed by atoms with E-state index in [1.807, 2.05) is 12.1 Å².